The molecule has 0 bridgehead atoms. The van der Waals surface area contributed by atoms with Crippen LogP contribution in [0, 0.1) is 0 Å². The predicted octanol–water partition coefficient (Wildman–Crippen LogP) is 4.24. The first-order valence-electron chi connectivity index (χ1n) is 4.87. The Morgan fingerprint density at radius 2 is 2.15 bits per heavy atom. The molecule has 2 aromatic rings. The van der Waals surface area contributed by atoms with Gasteiger partial charge < -0.3 is 0 Å². The lowest BCUT2D eigenvalue weighted by Gasteiger charge is -2.00. The lowest BCUT2D eigenvalue weighted by molar-refractivity contribution is 0.799. The van der Waals surface area contributed by atoms with E-state index in [0.29, 0.717) is 0 Å². The lowest BCUT2D eigenvalue weighted by Crippen LogP contribution is -1.83. The summed E-state index contributed by atoms with van der Waals surface area (Å²) in [6.45, 7) is 2.24. The molecule has 0 saturated heterocycles. The highest BCUT2D eigenvalue weighted by Gasteiger charge is 2.00. The summed E-state index contributed by atoms with van der Waals surface area (Å²) in [5.41, 5.74) is 1.52. The van der Waals surface area contributed by atoms with E-state index in [0.717, 1.165) is 0 Å². The van der Waals surface area contributed by atoms with E-state index >= 15 is 0 Å². The Bertz CT molecular complexity index is 387. The molecule has 1 aromatic carbocycles. The number of benzene rings is 1. The van der Waals surface area contributed by atoms with Gasteiger partial charge in [-0.15, -0.1) is 11.3 Å². The van der Waals surface area contributed by atoms with E-state index in [4.69, 9.17) is 0 Å². The molecule has 0 spiro atoms. The minimum Gasteiger partial charge on any atom is -0.144 e. The molecule has 0 aliphatic carbocycles. The fourth-order valence-corrected chi connectivity index (χ4v) is 2.56. The second kappa shape index (κ2) is 3.93. The Hall–Kier alpha value is -0.820. The van der Waals surface area contributed by atoms with Crippen molar-refractivity contribution in [2.45, 2.75) is 26.2 Å². The third kappa shape index (κ3) is 1.75. The normalized spacial score (nSPS) is 10.8. The maximum atomic E-state index is 2.26. The Labute approximate surface area is 83.2 Å². The molecule has 0 nitrogen and oxygen atoms in total. The molecular formula is C12H14S. The first-order valence-corrected chi connectivity index (χ1v) is 5.75. The lowest BCUT2D eigenvalue weighted by atomic mass is 10.1. The molecule has 0 aliphatic heterocycles. The molecular weight excluding hydrogens is 176 g/mol. The second-order valence-corrected chi connectivity index (χ2v) is 4.28. The monoisotopic (exact) mass is 190 g/mol. The minimum atomic E-state index is 1.23. The molecule has 0 atom stereocenters. The molecule has 1 heteroatoms. The maximum absolute atomic E-state index is 2.26. The van der Waals surface area contributed by atoms with Crippen LogP contribution in [0.4, 0.5) is 0 Å². The number of unbranched alkanes of at least 4 members (excludes halogenated alkanes) is 1. The van der Waals surface area contributed by atoms with Gasteiger partial charge in [-0.25, -0.2) is 0 Å². The zero-order valence-electron chi connectivity index (χ0n) is 7.92. The van der Waals surface area contributed by atoms with Crippen molar-refractivity contribution in [1.29, 1.82) is 0 Å². The smallest absolute Gasteiger partial charge is 0.0374 e. The molecule has 0 N–H and O–H groups in total. The molecule has 68 valence electrons. The molecule has 0 radical (unpaired) electrons. The zero-order chi connectivity index (χ0) is 9.10. The summed E-state index contributed by atoms with van der Waals surface area (Å²) in [4.78, 5) is 0. The van der Waals surface area contributed by atoms with Crippen molar-refractivity contribution in [2.24, 2.45) is 0 Å². The summed E-state index contributed by atoms with van der Waals surface area (Å²) < 4.78 is 1.48. The highest BCUT2D eigenvalue weighted by Crippen LogP contribution is 2.25. The van der Waals surface area contributed by atoms with Crippen LogP contribution >= 0.6 is 11.3 Å². The summed E-state index contributed by atoms with van der Waals surface area (Å²) in [5.74, 6) is 0. The van der Waals surface area contributed by atoms with Crippen LogP contribution in [0.1, 0.15) is 25.3 Å². The van der Waals surface area contributed by atoms with Gasteiger partial charge in [-0.3, -0.25) is 0 Å². The number of hydrogen-bond donors (Lipinski definition) is 0. The van der Waals surface area contributed by atoms with E-state index in [2.05, 4.69) is 36.6 Å². The van der Waals surface area contributed by atoms with E-state index in [-0.39, 0.29) is 0 Å². The molecule has 1 heterocycles. The van der Waals surface area contributed by atoms with Gasteiger partial charge in [-0.05, 0) is 35.2 Å². The fraction of sp³-hybridized carbons (Fsp3) is 0.333. The Kier molecular flexibility index (Phi) is 2.65. The molecule has 0 unspecified atom stereocenters. The Morgan fingerprint density at radius 1 is 1.23 bits per heavy atom. The van der Waals surface area contributed by atoms with E-state index in [9.17, 15) is 0 Å². The highest BCUT2D eigenvalue weighted by atomic mass is 32.1. The maximum Gasteiger partial charge on any atom is 0.0374 e. The van der Waals surface area contributed by atoms with Gasteiger partial charge in [0.05, 0.1) is 0 Å². The third-order valence-electron chi connectivity index (χ3n) is 2.36. The minimum absolute atomic E-state index is 1.23. The van der Waals surface area contributed by atoms with Crippen LogP contribution < -0.4 is 0 Å². The average molecular weight is 190 g/mol. The van der Waals surface area contributed by atoms with Gasteiger partial charge in [-0.1, -0.05) is 31.5 Å². The number of thiophene rings is 1. The number of aryl methyl sites for hydroxylation is 1. The topological polar surface area (TPSA) is 0 Å². The van der Waals surface area contributed by atoms with Crippen molar-refractivity contribution in [3.8, 4) is 0 Å². The van der Waals surface area contributed by atoms with Gasteiger partial charge in [0.25, 0.3) is 0 Å². The van der Waals surface area contributed by atoms with Crippen LogP contribution in [0.5, 0.6) is 0 Å². The largest absolute Gasteiger partial charge is 0.144 e. The van der Waals surface area contributed by atoms with Crippen LogP contribution in [0.15, 0.2) is 29.6 Å². The van der Waals surface area contributed by atoms with Crippen molar-refractivity contribution < 1.29 is 0 Å². The van der Waals surface area contributed by atoms with Crippen LogP contribution in [-0.2, 0) is 6.42 Å². The summed E-state index contributed by atoms with van der Waals surface area (Å²) in [7, 11) is 0. The number of hydrogen-bond acceptors (Lipinski definition) is 1. The molecule has 0 aliphatic rings. The van der Waals surface area contributed by atoms with E-state index in [1.165, 1.54) is 34.9 Å². The predicted molar refractivity (Wildman–Crippen MR) is 60.4 cm³/mol. The van der Waals surface area contributed by atoms with Gasteiger partial charge in [0, 0.05) is 4.70 Å². The first-order chi connectivity index (χ1) is 6.42. The summed E-state index contributed by atoms with van der Waals surface area (Å²) in [6.07, 6.45) is 3.81. The second-order valence-electron chi connectivity index (χ2n) is 3.36. The van der Waals surface area contributed by atoms with Gasteiger partial charge >= 0.3 is 0 Å². The zero-order valence-corrected chi connectivity index (χ0v) is 8.73. The SMILES string of the molecule is CCCCc1cccc2ccsc12. The summed E-state index contributed by atoms with van der Waals surface area (Å²) >= 11 is 1.86. The van der Waals surface area contributed by atoms with Gasteiger partial charge in [-0.2, -0.15) is 0 Å². The molecule has 1 aromatic heterocycles. The molecule has 0 amide bonds. The van der Waals surface area contributed by atoms with Crippen molar-refractivity contribution in [3.63, 3.8) is 0 Å². The van der Waals surface area contributed by atoms with Crippen molar-refractivity contribution in [1.82, 2.24) is 0 Å². The molecule has 0 fully saturated rings. The van der Waals surface area contributed by atoms with Crippen molar-refractivity contribution >= 4 is 21.4 Å². The first kappa shape index (κ1) is 8.76. The van der Waals surface area contributed by atoms with Crippen LogP contribution in [-0.4, -0.2) is 0 Å². The van der Waals surface area contributed by atoms with E-state index in [1.54, 1.807) is 0 Å². The van der Waals surface area contributed by atoms with Crippen LogP contribution in [0.25, 0.3) is 10.1 Å². The van der Waals surface area contributed by atoms with E-state index in [1.807, 2.05) is 11.3 Å². The molecule has 13 heavy (non-hydrogen) atoms. The van der Waals surface area contributed by atoms with E-state index < -0.39 is 0 Å². The number of rotatable bonds is 3. The van der Waals surface area contributed by atoms with Crippen LogP contribution in [0.2, 0.25) is 0 Å². The molecule has 0 saturated carbocycles. The third-order valence-corrected chi connectivity index (χ3v) is 3.37. The van der Waals surface area contributed by atoms with Gasteiger partial charge in [0.1, 0.15) is 0 Å². The fourth-order valence-electron chi connectivity index (χ4n) is 1.62. The standard InChI is InChI=1S/C12H14S/c1-2-3-5-10-6-4-7-11-8-9-13-12(10)11/h4,6-9H,2-3,5H2,1H3. The van der Waals surface area contributed by atoms with Crippen molar-refractivity contribution in [2.75, 3.05) is 0 Å². The average Bonchev–Trinajstić information content (AvgIpc) is 2.62. The highest BCUT2D eigenvalue weighted by molar-refractivity contribution is 7.17. The van der Waals surface area contributed by atoms with Crippen LogP contribution in [0.3, 0.4) is 0 Å². The van der Waals surface area contributed by atoms with Crippen molar-refractivity contribution in [3.05, 3.63) is 35.2 Å². The Morgan fingerprint density at radius 3 is 3.00 bits per heavy atom. The summed E-state index contributed by atoms with van der Waals surface area (Å²) in [5, 5.41) is 3.58. The summed E-state index contributed by atoms with van der Waals surface area (Å²) in [6, 6.07) is 8.82. The van der Waals surface area contributed by atoms with Gasteiger partial charge in [0.2, 0.25) is 0 Å². The number of fused-ring (bicyclic) bond motifs is 1. The van der Waals surface area contributed by atoms with Gasteiger partial charge in [0.15, 0.2) is 0 Å². The quantitative estimate of drug-likeness (QED) is 0.679. The molecule has 2 rings (SSSR count). The Balaban J connectivity index is 2.37.